The van der Waals surface area contributed by atoms with E-state index in [0.29, 0.717) is 38.5 Å². The van der Waals surface area contributed by atoms with Gasteiger partial charge in [0.05, 0.1) is 24.0 Å². The molecule has 1 heterocycles. The van der Waals surface area contributed by atoms with E-state index >= 15 is 0 Å². The molecule has 0 fully saturated rings. The number of fused-ring (bicyclic) bond motifs is 1. The lowest BCUT2D eigenvalue weighted by Crippen LogP contribution is -2.28. The Morgan fingerprint density at radius 1 is 1.03 bits per heavy atom. The highest BCUT2D eigenvalue weighted by molar-refractivity contribution is 5.79. The summed E-state index contributed by atoms with van der Waals surface area (Å²) in [6, 6.07) is 22.6. The SMILES string of the molecule is Cc1ccc(C(C)C)c(OCCn2c(CCNC(=O)Cc3ccccc3C)nc3ccccc32)c1. The molecule has 0 aliphatic rings. The monoisotopic (exact) mass is 469 g/mol. The normalized spacial score (nSPS) is 11.2. The molecule has 0 atom stereocenters. The van der Waals surface area contributed by atoms with Crippen molar-refractivity contribution >= 4 is 16.9 Å². The van der Waals surface area contributed by atoms with Crippen molar-refractivity contribution in [2.24, 2.45) is 0 Å². The highest BCUT2D eigenvalue weighted by Gasteiger charge is 2.13. The van der Waals surface area contributed by atoms with Crippen LogP contribution in [0.1, 0.15) is 47.8 Å². The van der Waals surface area contributed by atoms with Gasteiger partial charge in [-0.2, -0.15) is 0 Å². The summed E-state index contributed by atoms with van der Waals surface area (Å²) in [5.41, 5.74) is 6.67. The summed E-state index contributed by atoms with van der Waals surface area (Å²) < 4.78 is 8.47. The zero-order chi connectivity index (χ0) is 24.8. The smallest absolute Gasteiger partial charge is 0.224 e. The fourth-order valence-corrected chi connectivity index (χ4v) is 4.41. The van der Waals surface area contributed by atoms with Gasteiger partial charge in [0.25, 0.3) is 0 Å². The van der Waals surface area contributed by atoms with Crippen LogP contribution in [-0.2, 0) is 24.2 Å². The van der Waals surface area contributed by atoms with Gasteiger partial charge in [-0.3, -0.25) is 4.79 Å². The first-order valence-corrected chi connectivity index (χ1v) is 12.4. The van der Waals surface area contributed by atoms with Gasteiger partial charge in [0, 0.05) is 13.0 Å². The number of imidazole rings is 1. The van der Waals surface area contributed by atoms with Crippen LogP contribution in [-0.4, -0.2) is 28.6 Å². The third-order valence-electron chi connectivity index (χ3n) is 6.38. The van der Waals surface area contributed by atoms with E-state index in [2.05, 4.69) is 54.9 Å². The maximum Gasteiger partial charge on any atom is 0.224 e. The zero-order valence-corrected chi connectivity index (χ0v) is 21.2. The molecular formula is C30H35N3O2. The number of carbonyl (C=O) groups is 1. The van der Waals surface area contributed by atoms with Gasteiger partial charge >= 0.3 is 0 Å². The van der Waals surface area contributed by atoms with Gasteiger partial charge in [0.15, 0.2) is 0 Å². The Balaban J connectivity index is 1.41. The van der Waals surface area contributed by atoms with Crippen molar-refractivity contribution in [2.75, 3.05) is 13.2 Å². The van der Waals surface area contributed by atoms with E-state index in [-0.39, 0.29) is 5.91 Å². The topological polar surface area (TPSA) is 56.1 Å². The number of nitrogens with one attached hydrogen (secondary N) is 1. The van der Waals surface area contributed by atoms with Gasteiger partial charge in [-0.05, 0) is 60.2 Å². The van der Waals surface area contributed by atoms with Gasteiger partial charge in [-0.25, -0.2) is 4.98 Å². The van der Waals surface area contributed by atoms with Crippen molar-refractivity contribution in [3.05, 3.63) is 94.8 Å². The molecule has 1 aromatic heterocycles. The van der Waals surface area contributed by atoms with Gasteiger partial charge in [-0.15, -0.1) is 0 Å². The number of ether oxygens (including phenoxy) is 1. The van der Waals surface area contributed by atoms with Crippen molar-refractivity contribution in [1.29, 1.82) is 0 Å². The van der Waals surface area contributed by atoms with E-state index in [0.717, 1.165) is 33.7 Å². The number of aryl methyl sites for hydroxylation is 2. The fourth-order valence-electron chi connectivity index (χ4n) is 4.41. The van der Waals surface area contributed by atoms with Crippen LogP contribution in [0, 0.1) is 13.8 Å². The predicted molar refractivity (Wildman–Crippen MR) is 142 cm³/mol. The van der Waals surface area contributed by atoms with Gasteiger partial charge in [0.1, 0.15) is 18.2 Å². The second-order valence-corrected chi connectivity index (χ2v) is 9.42. The Kier molecular flexibility index (Phi) is 7.86. The minimum Gasteiger partial charge on any atom is -0.491 e. The number of hydrogen-bond donors (Lipinski definition) is 1. The summed E-state index contributed by atoms with van der Waals surface area (Å²) in [5, 5.41) is 3.06. The first kappa shape index (κ1) is 24.5. The molecule has 4 rings (SSSR count). The van der Waals surface area contributed by atoms with E-state index in [9.17, 15) is 4.79 Å². The molecule has 0 spiro atoms. The molecule has 1 N–H and O–H groups in total. The van der Waals surface area contributed by atoms with Crippen molar-refractivity contribution < 1.29 is 9.53 Å². The van der Waals surface area contributed by atoms with Crippen molar-refractivity contribution in [3.8, 4) is 5.75 Å². The van der Waals surface area contributed by atoms with Gasteiger partial charge < -0.3 is 14.6 Å². The van der Waals surface area contributed by atoms with Gasteiger partial charge in [-0.1, -0.05) is 62.4 Å². The molecule has 35 heavy (non-hydrogen) atoms. The summed E-state index contributed by atoms with van der Waals surface area (Å²) in [4.78, 5) is 17.3. The average molecular weight is 470 g/mol. The molecule has 0 radical (unpaired) electrons. The second-order valence-electron chi connectivity index (χ2n) is 9.42. The summed E-state index contributed by atoms with van der Waals surface area (Å²) in [7, 11) is 0. The van der Waals surface area contributed by atoms with Crippen LogP contribution in [0.15, 0.2) is 66.7 Å². The molecule has 182 valence electrons. The van der Waals surface area contributed by atoms with Crippen molar-refractivity contribution in [1.82, 2.24) is 14.9 Å². The number of nitrogens with zero attached hydrogens (tertiary/aromatic N) is 2. The number of rotatable bonds is 10. The van der Waals surface area contributed by atoms with Crippen LogP contribution < -0.4 is 10.1 Å². The molecule has 0 saturated heterocycles. The minimum atomic E-state index is 0.0333. The Bertz CT molecular complexity index is 1310. The first-order valence-electron chi connectivity index (χ1n) is 12.4. The Morgan fingerprint density at radius 2 is 1.80 bits per heavy atom. The van der Waals surface area contributed by atoms with E-state index in [1.54, 1.807) is 0 Å². The number of aromatic nitrogens is 2. The Morgan fingerprint density at radius 3 is 2.60 bits per heavy atom. The van der Waals surface area contributed by atoms with Crippen LogP contribution in [0.3, 0.4) is 0 Å². The average Bonchev–Trinajstić information content (AvgIpc) is 3.18. The second kappa shape index (κ2) is 11.2. The molecule has 5 nitrogen and oxygen atoms in total. The molecular weight excluding hydrogens is 434 g/mol. The maximum absolute atomic E-state index is 12.5. The highest BCUT2D eigenvalue weighted by Crippen LogP contribution is 2.27. The van der Waals surface area contributed by atoms with Crippen LogP contribution >= 0.6 is 0 Å². The van der Waals surface area contributed by atoms with Crippen LogP contribution in [0.5, 0.6) is 5.75 Å². The summed E-state index contributed by atoms with van der Waals surface area (Å²) in [5.74, 6) is 2.35. The lowest BCUT2D eigenvalue weighted by Gasteiger charge is -2.16. The molecule has 0 aliphatic heterocycles. The fraction of sp³-hybridized carbons (Fsp3) is 0.333. The third-order valence-corrected chi connectivity index (χ3v) is 6.38. The molecule has 0 unspecified atom stereocenters. The highest BCUT2D eigenvalue weighted by atomic mass is 16.5. The number of para-hydroxylation sites is 2. The molecule has 1 amide bonds. The molecule has 4 aromatic rings. The first-order chi connectivity index (χ1) is 16.9. The lowest BCUT2D eigenvalue weighted by atomic mass is 10.0. The lowest BCUT2D eigenvalue weighted by molar-refractivity contribution is -0.120. The minimum absolute atomic E-state index is 0.0333. The van der Waals surface area contributed by atoms with Crippen LogP contribution in [0.25, 0.3) is 11.0 Å². The predicted octanol–water partition coefficient (Wildman–Crippen LogP) is 5.76. The molecule has 0 aliphatic carbocycles. The van der Waals surface area contributed by atoms with Crippen LogP contribution in [0.2, 0.25) is 0 Å². The van der Waals surface area contributed by atoms with Crippen molar-refractivity contribution in [2.45, 2.75) is 53.0 Å². The number of carbonyl (C=O) groups excluding carboxylic acids is 1. The zero-order valence-electron chi connectivity index (χ0n) is 21.2. The quantitative estimate of drug-likeness (QED) is 0.321. The molecule has 0 bridgehead atoms. The largest absolute Gasteiger partial charge is 0.491 e. The number of hydrogen-bond acceptors (Lipinski definition) is 3. The summed E-state index contributed by atoms with van der Waals surface area (Å²) in [6.45, 7) is 10.3. The Hall–Kier alpha value is -3.60. The van der Waals surface area contributed by atoms with Gasteiger partial charge in [0.2, 0.25) is 5.91 Å². The Labute approximate surface area is 208 Å². The van der Waals surface area contributed by atoms with E-state index in [1.165, 1.54) is 11.1 Å². The maximum atomic E-state index is 12.5. The standard InChI is InChI=1S/C30H35N3O2/c1-21(2)25-14-13-22(3)19-28(25)35-18-17-33-27-12-8-7-11-26(27)32-29(33)15-16-31-30(34)20-24-10-6-5-9-23(24)4/h5-14,19,21H,15-18,20H2,1-4H3,(H,31,34). The van der Waals surface area contributed by atoms with E-state index in [1.807, 2.05) is 49.4 Å². The van der Waals surface area contributed by atoms with Crippen LogP contribution in [0.4, 0.5) is 0 Å². The number of amides is 1. The molecule has 0 saturated carbocycles. The molecule has 5 heteroatoms. The third kappa shape index (κ3) is 6.10. The summed E-state index contributed by atoms with van der Waals surface area (Å²) in [6.07, 6.45) is 1.06. The number of benzene rings is 3. The van der Waals surface area contributed by atoms with E-state index in [4.69, 9.17) is 9.72 Å². The van der Waals surface area contributed by atoms with Crippen molar-refractivity contribution in [3.63, 3.8) is 0 Å². The molecule has 3 aromatic carbocycles. The van der Waals surface area contributed by atoms with E-state index < -0.39 is 0 Å². The summed E-state index contributed by atoms with van der Waals surface area (Å²) >= 11 is 0.